The lowest BCUT2D eigenvalue weighted by molar-refractivity contribution is -0.232. The fourth-order valence-corrected chi connectivity index (χ4v) is 5.58. The lowest BCUT2D eigenvalue weighted by Gasteiger charge is -2.40. The fourth-order valence-electron chi connectivity index (χ4n) is 4.49. The molecule has 2 aromatic carbocycles. The number of ether oxygens (including phenoxy) is 1. The van der Waals surface area contributed by atoms with Gasteiger partial charge < -0.3 is 30.3 Å². The van der Waals surface area contributed by atoms with E-state index in [2.05, 4.69) is 18.2 Å². The third-order valence-corrected chi connectivity index (χ3v) is 7.46. The SMILES string of the molecule is OC[C@H]1O[C@@H](c2cc(Cc3cc4ccccc4s3)c(C3CC3)cc2O)[C@H](O)[C@@H](O)[C@@H]1O. The molecule has 5 atom stereocenters. The summed E-state index contributed by atoms with van der Waals surface area (Å²) in [6.45, 7) is -0.503. The van der Waals surface area contributed by atoms with Gasteiger partial charge in [-0.1, -0.05) is 18.2 Å². The lowest BCUT2D eigenvalue weighted by atomic mass is 9.88. The van der Waals surface area contributed by atoms with Crippen molar-refractivity contribution < 1.29 is 30.3 Å². The van der Waals surface area contributed by atoms with Crippen molar-refractivity contribution in [3.05, 3.63) is 64.0 Å². The Balaban J connectivity index is 1.53. The van der Waals surface area contributed by atoms with E-state index in [-0.39, 0.29) is 5.75 Å². The summed E-state index contributed by atoms with van der Waals surface area (Å²) in [7, 11) is 0. The van der Waals surface area contributed by atoms with Crippen LogP contribution in [0.4, 0.5) is 0 Å². The van der Waals surface area contributed by atoms with E-state index in [4.69, 9.17) is 4.74 Å². The second-order valence-corrected chi connectivity index (χ2v) is 9.73. The maximum absolute atomic E-state index is 10.8. The number of phenolic OH excluding ortho intramolecular Hbond substituents is 1. The summed E-state index contributed by atoms with van der Waals surface area (Å²) in [4.78, 5) is 1.20. The van der Waals surface area contributed by atoms with Gasteiger partial charge in [0.2, 0.25) is 0 Å². The highest BCUT2D eigenvalue weighted by Gasteiger charge is 2.45. The first-order valence-corrected chi connectivity index (χ1v) is 11.4. The van der Waals surface area contributed by atoms with Crippen LogP contribution in [0.5, 0.6) is 5.75 Å². The van der Waals surface area contributed by atoms with Crippen LogP contribution in [0.1, 0.15) is 46.4 Å². The maximum atomic E-state index is 10.8. The monoisotopic (exact) mass is 442 g/mol. The number of hydrogen-bond acceptors (Lipinski definition) is 7. The van der Waals surface area contributed by atoms with E-state index in [1.165, 1.54) is 15.0 Å². The van der Waals surface area contributed by atoms with Crippen LogP contribution < -0.4 is 0 Å². The number of aromatic hydroxyl groups is 1. The Hall–Kier alpha value is -2.00. The van der Waals surface area contributed by atoms with E-state index >= 15 is 0 Å². The molecule has 0 radical (unpaired) electrons. The van der Waals surface area contributed by atoms with Gasteiger partial charge in [0.15, 0.2) is 0 Å². The standard InChI is InChI=1S/C24H26O6S/c25-11-19-21(27)22(28)23(29)24(30-19)17-9-14(16(10-18(17)26)12-5-6-12)8-15-7-13-3-1-2-4-20(13)31-15/h1-4,7,9-10,12,19,21-29H,5-6,8,11H2/t19-,21-,22+,23-,24+/m1/s1. The van der Waals surface area contributed by atoms with Crippen molar-refractivity contribution in [3.8, 4) is 5.75 Å². The van der Waals surface area contributed by atoms with Gasteiger partial charge in [-0.25, -0.2) is 0 Å². The Bertz CT molecular complexity index is 1060. The summed E-state index contributed by atoms with van der Waals surface area (Å²) < 4.78 is 6.92. The van der Waals surface area contributed by atoms with E-state index in [9.17, 15) is 25.5 Å². The number of aliphatic hydroxyl groups is 4. The van der Waals surface area contributed by atoms with Crippen LogP contribution in [-0.2, 0) is 11.2 Å². The smallest absolute Gasteiger partial charge is 0.121 e. The molecule has 2 fully saturated rings. The summed E-state index contributed by atoms with van der Waals surface area (Å²) in [5.74, 6) is 0.408. The molecule has 1 aliphatic heterocycles. The van der Waals surface area contributed by atoms with Crippen molar-refractivity contribution >= 4 is 21.4 Å². The average Bonchev–Trinajstić information content (AvgIpc) is 3.53. The van der Waals surface area contributed by atoms with Crippen molar-refractivity contribution in [1.29, 1.82) is 0 Å². The first-order valence-electron chi connectivity index (χ1n) is 10.6. The summed E-state index contributed by atoms with van der Waals surface area (Å²) in [5.41, 5.74) is 2.51. The average molecular weight is 443 g/mol. The zero-order valence-electron chi connectivity index (χ0n) is 16.9. The molecule has 0 unspecified atom stereocenters. The van der Waals surface area contributed by atoms with Gasteiger partial charge >= 0.3 is 0 Å². The highest BCUT2D eigenvalue weighted by atomic mass is 32.1. The zero-order chi connectivity index (χ0) is 21.7. The van der Waals surface area contributed by atoms with Crippen LogP contribution in [0.25, 0.3) is 10.1 Å². The fraction of sp³-hybridized carbons (Fsp3) is 0.417. The molecular weight excluding hydrogens is 416 g/mol. The van der Waals surface area contributed by atoms with Gasteiger partial charge in [-0.05, 0) is 59.5 Å². The number of aliphatic hydroxyl groups excluding tert-OH is 4. The third kappa shape index (κ3) is 3.86. The largest absolute Gasteiger partial charge is 0.508 e. The molecule has 0 amide bonds. The molecule has 6 nitrogen and oxygen atoms in total. The number of hydrogen-bond donors (Lipinski definition) is 5. The van der Waals surface area contributed by atoms with Crippen LogP contribution in [0, 0.1) is 0 Å². The van der Waals surface area contributed by atoms with Crippen molar-refractivity contribution in [1.82, 2.24) is 0 Å². The molecule has 3 aromatic rings. The van der Waals surface area contributed by atoms with Gasteiger partial charge in [-0.2, -0.15) is 0 Å². The van der Waals surface area contributed by atoms with Crippen molar-refractivity contribution in [3.63, 3.8) is 0 Å². The molecule has 0 spiro atoms. The molecule has 5 rings (SSSR count). The van der Waals surface area contributed by atoms with E-state index in [1.54, 1.807) is 17.4 Å². The van der Waals surface area contributed by atoms with Gasteiger partial charge in [-0.15, -0.1) is 11.3 Å². The first kappa shape index (κ1) is 20.9. The second kappa shape index (κ2) is 8.16. The molecule has 5 N–H and O–H groups in total. The van der Waals surface area contributed by atoms with Crippen LogP contribution in [0.15, 0.2) is 42.5 Å². The Morgan fingerprint density at radius 1 is 0.935 bits per heavy atom. The van der Waals surface area contributed by atoms with Crippen molar-refractivity contribution in [2.75, 3.05) is 6.61 Å². The highest BCUT2D eigenvalue weighted by molar-refractivity contribution is 7.19. The molecule has 1 aromatic heterocycles. The summed E-state index contributed by atoms with van der Waals surface area (Å²) in [5, 5.41) is 52.3. The Morgan fingerprint density at radius 3 is 2.42 bits per heavy atom. The Kier molecular flexibility index (Phi) is 5.50. The van der Waals surface area contributed by atoms with Gasteiger partial charge in [0.25, 0.3) is 0 Å². The summed E-state index contributed by atoms with van der Waals surface area (Å²) in [6.07, 6.45) is -3.55. The minimum Gasteiger partial charge on any atom is -0.508 e. The van der Waals surface area contributed by atoms with Crippen molar-refractivity contribution in [2.24, 2.45) is 0 Å². The quantitative estimate of drug-likeness (QED) is 0.416. The predicted octanol–water partition coefficient (Wildman–Crippen LogP) is 2.59. The number of rotatable bonds is 5. The minimum atomic E-state index is -1.48. The second-order valence-electron chi connectivity index (χ2n) is 8.56. The topological polar surface area (TPSA) is 110 Å². The van der Waals surface area contributed by atoms with Gasteiger partial charge in [-0.3, -0.25) is 0 Å². The Labute approximate surface area is 184 Å². The molecule has 1 saturated carbocycles. The van der Waals surface area contributed by atoms with Crippen LogP contribution in [0.3, 0.4) is 0 Å². The van der Waals surface area contributed by atoms with Crippen LogP contribution in [0.2, 0.25) is 0 Å². The molecule has 7 heteroatoms. The number of benzene rings is 2. The summed E-state index contributed by atoms with van der Waals surface area (Å²) >= 11 is 1.73. The maximum Gasteiger partial charge on any atom is 0.121 e. The first-order chi connectivity index (χ1) is 15.0. The van der Waals surface area contributed by atoms with E-state index in [1.807, 2.05) is 18.2 Å². The van der Waals surface area contributed by atoms with Gasteiger partial charge in [0, 0.05) is 21.6 Å². The molecule has 164 valence electrons. The third-order valence-electron chi connectivity index (χ3n) is 6.35. The predicted molar refractivity (Wildman–Crippen MR) is 117 cm³/mol. The van der Waals surface area contributed by atoms with Crippen LogP contribution in [-0.4, -0.2) is 56.6 Å². The molecule has 1 saturated heterocycles. The zero-order valence-corrected chi connectivity index (χ0v) is 17.7. The normalized spacial score (nSPS) is 28.8. The summed E-state index contributed by atoms with van der Waals surface area (Å²) in [6, 6.07) is 14.0. The molecule has 2 aliphatic rings. The highest BCUT2D eigenvalue weighted by Crippen LogP contribution is 2.46. The van der Waals surface area contributed by atoms with Crippen LogP contribution >= 0.6 is 11.3 Å². The van der Waals surface area contributed by atoms with Gasteiger partial charge in [0.1, 0.15) is 36.3 Å². The number of phenols is 1. The minimum absolute atomic E-state index is 0.00804. The van der Waals surface area contributed by atoms with Gasteiger partial charge in [0.05, 0.1) is 6.61 Å². The molecule has 2 heterocycles. The number of thiophene rings is 1. The van der Waals surface area contributed by atoms with E-state index in [0.717, 1.165) is 24.0 Å². The lowest BCUT2D eigenvalue weighted by Crippen LogP contribution is -2.55. The molecular formula is C24H26O6S. The van der Waals surface area contributed by atoms with E-state index in [0.29, 0.717) is 17.9 Å². The van der Waals surface area contributed by atoms with Crippen molar-refractivity contribution in [2.45, 2.75) is 55.7 Å². The Morgan fingerprint density at radius 2 is 1.71 bits per heavy atom. The number of fused-ring (bicyclic) bond motifs is 1. The molecule has 0 bridgehead atoms. The molecule has 1 aliphatic carbocycles. The van der Waals surface area contributed by atoms with E-state index < -0.39 is 37.1 Å². The molecule has 31 heavy (non-hydrogen) atoms.